The zero-order valence-electron chi connectivity index (χ0n) is 24.2. The molecule has 0 aliphatic carbocycles. The van der Waals surface area contributed by atoms with E-state index in [-0.39, 0.29) is 0 Å². The number of aromatic nitrogens is 4. The second-order valence-corrected chi connectivity index (χ2v) is 11.1. The zero-order chi connectivity index (χ0) is 30.9. The number of imidazole rings is 1. The minimum absolute atomic E-state index is 0.342. The first-order valence-corrected chi connectivity index (χ1v) is 16.0. The van der Waals surface area contributed by atoms with E-state index >= 15 is 0 Å². The number of anilines is 1. The first-order valence-electron chi connectivity index (χ1n) is 14.5. The van der Waals surface area contributed by atoms with Gasteiger partial charge in [0, 0.05) is 33.0 Å². The van der Waals surface area contributed by atoms with Crippen LogP contribution in [0.25, 0.3) is 11.2 Å². The molecule has 0 bridgehead atoms. The van der Waals surface area contributed by atoms with E-state index in [1.54, 1.807) is 0 Å². The number of aliphatic hydroxyl groups excluding tert-OH is 2. The van der Waals surface area contributed by atoms with E-state index in [1.165, 1.54) is 17.2 Å². The quantitative estimate of drug-likeness (QED) is 0.0654. The maximum absolute atomic E-state index is 11.0. The monoisotopic (exact) mass is 636 g/mol. The number of phosphoric acid groups is 1. The molecule has 1 fully saturated rings. The van der Waals surface area contributed by atoms with Crippen LogP contribution >= 0.6 is 7.82 Å². The van der Waals surface area contributed by atoms with E-state index in [9.17, 15) is 14.8 Å². The van der Waals surface area contributed by atoms with Crippen molar-refractivity contribution in [2.24, 2.45) is 5.73 Å². The number of rotatable bonds is 24. The average molecular weight is 637 g/mol. The molecule has 1 aliphatic rings. The van der Waals surface area contributed by atoms with Crippen molar-refractivity contribution in [3.63, 3.8) is 0 Å². The first kappa shape index (κ1) is 35.6. The summed E-state index contributed by atoms with van der Waals surface area (Å²) in [5.74, 6) is 0.475. The summed E-state index contributed by atoms with van der Waals surface area (Å²) in [6.45, 7) is 5.48. The van der Waals surface area contributed by atoms with Crippen LogP contribution in [0.5, 0.6) is 0 Å². The number of fused-ring (bicyclic) bond motifs is 1. The van der Waals surface area contributed by atoms with E-state index in [0.717, 1.165) is 32.3 Å². The molecule has 18 heteroatoms. The molecule has 3 rings (SSSR count). The lowest BCUT2D eigenvalue weighted by Gasteiger charge is -2.16. The van der Waals surface area contributed by atoms with Crippen molar-refractivity contribution in [3.8, 4) is 0 Å². The van der Waals surface area contributed by atoms with Gasteiger partial charge in [-0.15, -0.1) is 0 Å². The van der Waals surface area contributed by atoms with Gasteiger partial charge in [0.05, 0.1) is 39.4 Å². The highest BCUT2D eigenvalue weighted by Crippen LogP contribution is 2.39. The number of nitrogens with one attached hydrogen (secondary N) is 1. The summed E-state index contributed by atoms with van der Waals surface area (Å²) in [5.41, 5.74) is 6.17. The largest absolute Gasteiger partial charge is 0.469 e. The van der Waals surface area contributed by atoms with Gasteiger partial charge in [0.1, 0.15) is 24.6 Å². The van der Waals surface area contributed by atoms with E-state index in [1.807, 2.05) is 0 Å². The van der Waals surface area contributed by atoms with Crippen LogP contribution in [0.3, 0.4) is 0 Å². The maximum Gasteiger partial charge on any atom is 0.469 e. The van der Waals surface area contributed by atoms with Crippen LogP contribution in [0.2, 0.25) is 0 Å². The molecular formula is C25H45N6O11P. The van der Waals surface area contributed by atoms with Gasteiger partial charge < -0.3 is 54.7 Å². The summed E-state index contributed by atoms with van der Waals surface area (Å²) >= 11 is 0. The fourth-order valence-electron chi connectivity index (χ4n) is 4.23. The van der Waals surface area contributed by atoms with Gasteiger partial charge in [0.15, 0.2) is 23.2 Å². The predicted octanol–water partition coefficient (Wildman–Crippen LogP) is -0.0577. The maximum atomic E-state index is 11.0. The Morgan fingerprint density at radius 1 is 0.860 bits per heavy atom. The van der Waals surface area contributed by atoms with Gasteiger partial charge >= 0.3 is 7.82 Å². The molecule has 0 amide bonds. The normalized spacial score (nSPS) is 20.8. The summed E-state index contributed by atoms with van der Waals surface area (Å²) in [6.07, 6.45) is 2.20. The van der Waals surface area contributed by atoms with Gasteiger partial charge in [0.2, 0.25) is 0 Å². The lowest BCUT2D eigenvalue weighted by molar-refractivity contribution is -0.0504. The summed E-state index contributed by atoms with van der Waals surface area (Å²) in [6, 6.07) is 0. The van der Waals surface area contributed by atoms with Crippen molar-refractivity contribution in [2.45, 2.75) is 56.6 Å². The summed E-state index contributed by atoms with van der Waals surface area (Å²) in [5, 5.41) is 23.9. The zero-order valence-corrected chi connectivity index (χ0v) is 25.1. The molecule has 2 aromatic rings. The highest BCUT2D eigenvalue weighted by atomic mass is 31.2. The number of aliphatic hydroxyl groups is 2. The van der Waals surface area contributed by atoms with Gasteiger partial charge in [-0.3, -0.25) is 9.09 Å². The van der Waals surface area contributed by atoms with Gasteiger partial charge in [0.25, 0.3) is 0 Å². The van der Waals surface area contributed by atoms with E-state index in [0.29, 0.717) is 82.7 Å². The highest BCUT2D eigenvalue weighted by molar-refractivity contribution is 7.46. The minimum Gasteiger partial charge on any atom is -0.387 e. The van der Waals surface area contributed by atoms with Crippen LogP contribution < -0.4 is 11.1 Å². The molecule has 3 heterocycles. The van der Waals surface area contributed by atoms with Crippen LogP contribution in [-0.2, 0) is 32.8 Å². The summed E-state index contributed by atoms with van der Waals surface area (Å²) in [7, 11) is -4.77. The second-order valence-electron chi connectivity index (χ2n) is 9.81. The van der Waals surface area contributed by atoms with Crippen LogP contribution in [0, 0.1) is 0 Å². The second kappa shape index (κ2) is 19.5. The van der Waals surface area contributed by atoms with Gasteiger partial charge in [-0.2, -0.15) is 0 Å². The van der Waals surface area contributed by atoms with Crippen molar-refractivity contribution in [3.05, 3.63) is 12.7 Å². The van der Waals surface area contributed by atoms with Crippen molar-refractivity contribution in [1.29, 1.82) is 0 Å². The van der Waals surface area contributed by atoms with Crippen molar-refractivity contribution in [2.75, 3.05) is 77.9 Å². The standard InChI is InChI=1S/C25H45N6O11P/c26-6-4-10-39-14-12-37-8-2-1-3-9-38-13-15-40-11-5-7-27-23-20-24(29-17-28-23)31(18-30-20)25-22(33)21(32)19(42-25)16-41-43(34,35)36/h17-19,21-22,25,32-33H,1-16,26H2,(H,27,28,29)(H2,34,35,36). The summed E-state index contributed by atoms with van der Waals surface area (Å²) < 4.78 is 44.6. The molecule has 4 atom stereocenters. The lowest BCUT2D eigenvalue weighted by Crippen LogP contribution is -2.33. The Labute approximate surface area is 250 Å². The molecule has 0 radical (unpaired) electrons. The number of unbranched alkanes of at least 4 members (excludes halogenated alkanes) is 2. The van der Waals surface area contributed by atoms with Crippen LogP contribution in [-0.4, -0.2) is 130 Å². The highest BCUT2D eigenvalue weighted by Gasteiger charge is 2.45. The third kappa shape index (κ3) is 12.6. The number of hydrogen-bond donors (Lipinski definition) is 6. The molecule has 246 valence electrons. The van der Waals surface area contributed by atoms with Crippen LogP contribution in [0.1, 0.15) is 38.3 Å². The van der Waals surface area contributed by atoms with E-state index in [2.05, 4.69) is 24.8 Å². The lowest BCUT2D eigenvalue weighted by atomic mass is 10.1. The fourth-order valence-corrected chi connectivity index (χ4v) is 4.57. The Balaban J connectivity index is 1.25. The van der Waals surface area contributed by atoms with Crippen LogP contribution in [0.4, 0.5) is 5.82 Å². The Hall–Kier alpha value is -1.86. The molecule has 0 aromatic carbocycles. The van der Waals surface area contributed by atoms with Gasteiger partial charge in [-0.25, -0.2) is 19.5 Å². The van der Waals surface area contributed by atoms with Crippen molar-refractivity contribution < 1.29 is 52.8 Å². The Kier molecular flexibility index (Phi) is 16.2. The van der Waals surface area contributed by atoms with Gasteiger partial charge in [-0.1, -0.05) is 0 Å². The molecular weight excluding hydrogens is 591 g/mol. The number of nitrogens with zero attached hydrogens (tertiary/aromatic N) is 4. The van der Waals surface area contributed by atoms with Crippen LogP contribution in [0.15, 0.2) is 12.7 Å². The topological polar surface area (TPSA) is 235 Å². The Bertz CT molecular complexity index is 1090. The number of ether oxygens (including phenoxy) is 5. The molecule has 2 aromatic heterocycles. The van der Waals surface area contributed by atoms with E-state index < -0.39 is 39.0 Å². The molecule has 1 saturated heterocycles. The Morgan fingerprint density at radius 2 is 1.49 bits per heavy atom. The SMILES string of the molecule is NCCCOCCOCCCCCOCCOCCCNc1ncnc2c1ncn2C1OC(COP(=O)(O)O)C(O)C1O. The molecule has 17 nitrogen and oxygen atoms in total. The fraction of sp³-hybridized carbons (Fsp3) is 0.800. The Morgan fingerprint density at radius 3 is 2.12 bits per heavy atom. The predicted molar refractivity (Wildman–Crippen MR) is 153 cm³/mol. The molecule has 4 unspecified atom stereocenters. The third-order valence-corrected chi connectivity index (χ3v) is 6.93. The number of hydrogen-bond acceptors (Lipinski definition) is 14. The average Bonchev–Trinajstić information content (AvgIpc) is 3.53. The number of phosphoric ester groups is 1. The molecule has 43 heavy (non-hydrogen) atoms. The van der Waals surface area contributed by atoms with Gasteiger partial charge in [-0.05, 0) is 38.6 Å². The molecule has 0 spiro atoms. The van der Waals surface area contributed by atoms with Crippen molar-refractivity contribution >= 4 is 24.8 Å². The van der Waals surface area contributed by atoms with Crippen molar-refractivity contribution in [1.82, 2.24) is 19.5 Å². The summed E-state index contributed by atoms with van der Waals surface area (Å²) in [4.78, 5) is 30.6. The number of nitrogens with two attached hydrogens (primary N) is 1. The third-order valence-electron chi connectivity index (χ3n) is 6.45. The first-order chi connectivity index (χ1) is 20.8. The molecule has 7 N–H and O–H groups in total. The minimum atomic E-state index is -4.77. The molecule has 0 saturated carbocycles. The molecule has 1 aliphatic heterocycles. The van der Waals surface area contributed by atoms with E-state index in [4.69, 9.17) is 39.2 Å². The smallest absolute Gasteiger partial charge is 0.387 e.